The standard InChI is InChI=1S/C10H20O2.C3H8O3.C2H4O2/c1-2-3-4-5-6-7-8-9-10(11)12;4-1-3(6)2-5;1-2(3)4/h2-9H2,1H3,(H,11,12);3-6H,1-2H2;1H3,(H,3,4). The first kappa shape index (κ1) is 25.8. The van der Waals surface area contributed by atoms with E-state index in [1.165, 1.54) is 32.1 Å². The number of aliphatic hydroxyl groups excluding tert-OH is 3. The van der Waals surface area contributed by atoms with Crippen LogP contribution < -0.4 is 0 Å². The van der Waals surface area contributed by atoms with Crippen LogP contribution in [0.15, 0.2) is 0 Å². The average Bonchev–Trinajstić information content (AvgIpc) is 2.45. The van der Waals surface area contributed by atoms with E-state index >= 15 is 0 Å². The highest BCUT2D eigenvalue weighted by Crippen LogP contribution is 2.07. The summed E-state index contributed by atoms with van der Waals surface area (Å²) in [5, 5.41) is 39.8. The van der Waals surface area contributed by atoms with Gasteiger partial charge in [-0.1, -0.05) is 45.4 Å². The van der Waals surface area contributed by atoms with Crippen LogP contribution in [0.1, 0.15) is 65.2 Å². The van der Waals surface area contributed by atoms with Gasteiger partial charge < -0.3 is 25.5 Å². The molecule has 0 rings (SSSR count). The highest BCUT2D eigenvalue weighted by atomic mass is 16.4. The fraction of sp³-hybridized carbons (Fsp3) is 0.867. The van der Waals surface area contributed by atoms with Crippen molar-refractivity contribution in [3.05, 3.63) is 0 Å². The van der Waals surface area contributed by atoms with E-state index < -0.39 is 18.0 Å². The van der Waals surface area contributed by atoms with Crippen molar-refractivity contribution < 1.29 is 35.1 Å². The third kappa shape index (κ3) is 42.8. The lowest BCUT2D eigenvalue weighted by Gasteiger charge is -1.98. The van der Waals surface area contributed by atoms with Crippen LogP contribution in [0.5, 0.6) is 0 Å². The van der Waals surface area contributed by atoms with Crippen molar-refractivity contribution in [1.29, 1.82) is 0 Å². The number of hydrogen-bond donors (Lipinski definition) is 5. The van der Waals surface area contributed by atoms with Crippen LogP contribution >= 0.6 is 0 Å². The zero-order valence-electron chi connectivity index (χ0n) is 13.7. The van der Waals surface area contributed by atoms with Crippen molar-refractivity contribution in [1.82, 2.24) is 0 Å². The Morgan fingerprint density at radius 2 is 1.23 bits per heavy atom. The minimum Gasteiger partial charge on any atom is -0.481 e. The molecular formula is C15H32O7. The molecule has 0 amide bonds. The summed E-state index contributed by atoms with van der Waals surface area (Å²) >= 11 is 0. The van der Waals surface area contributed by atoms with Gasteiger partial charge in [0.2, 0.25) is 0 Å². The van der Waals surface area contributed by atoms with Gasteiger partial charge in [-0.05, 0) is 6.42 Å². The lowest BCUT2D eigenvalue weighted by Crippen LogP contribution is -2.15. The Kier molecular flexibility index (Phi) is 25.9. The van der Waals surface area contributed by atoms with Crippen LogP contribution in [-0.4, -0.2) is 56.8 Å². The van der Waals surface area contributed by atoms with Crippen LogP contribution in [0.25, 0.3) is 0 Å². The van der Waals surface area contributed by atoms with Crippen LogP contribution in [-0.2, 0) is 9.59 Å². The number of carboxylic acids is 2. The molecule has 0 saturated heterocycles. The summed E-state index contributed by atoms with van der Waals surface area (Å²) < 4.78 is 0. The smallest absolute Gasteiger partial charge is 0.303 e. The highest BCUT2D eigenvalue weighted by molar-refractivity contribution is 5.66. The summed E-state index contributed by atoms with van der Waals surface area (Å²) in [7, 11) is 0. The molecule has 0 bridgehead atoms. The van der Waals surface area contributed by atoms with Gasteiger partial charge in [-0.3, -0.25) is 9.59 Å². The Morgan fingerprint density at radius 1 is 0.864 bits per heavy atom. The number of aliphatic hydroxyl groups is 3. The SMILES string of the molecule is CC(=O)O.CCCCCCCCCC(=O)O.OCC(O)CO. The Hall–Kier alpha value is -1.18. The maximum atomic E-state index is 10.1. The molecule has 0 aliphatic heterocycles. The van der Waals surface area contributed by atoms with Gasteiger partial charge in [0.25, 0.3) is 5.97 Å². The Morgan fingerprint density at radius 3 is 1.50 bits per heavy atom. The Labute approximate surface area is 132 Å². The van der Waals surface area contributed by atoms with Gasteiger partial charge in [-0.15, -0.1) is 0 Å². The molecule has 5 N–H and O–H groups in total. The van der Waals surface area contributed by atoms with Gasteiger partial charge in [0.15, 0.2) is 0 Å². The molecule has 0 aromatic rings. The van der Waals surface area contributed by atoms with Crippen LogP contribution in [0.2, 0.25) is 0 Å². The van der Waals surface area contributed by atoms with Gasteiger partial charge in [0.1, 0.15) is 6.10 Å². The van der Waals surface area contributed by atoms with Crippen LogP contribution in [0.4, 0.5) is 0 Å². The lowest BCUT2D eigenvalue weighted by molar-refractivity contribution is -0.137. The van der Waals surface area contributed by atoms with Crippen molar-refractivity contribution in [3.8, 4) is 0 Å². The van der Waals surface area contributed by atoms with Crippen molar-refractivity contribution in [3.63, 3.8) is 0 Å². The molecule has 7 heteroatoms. The molecule has 0 aliphatic rings. The van der Waals surface area contributed by atoms with Gasteiger partial charge in [-0.2, -0.15) is 0 Å². The maximum absolute atomic E-state index is 10.1. The largest absolute Gasteiger partial charge is 0.481 e. The van der Waals surface area contributed by atoms with E-state index in [1.54, 1.807) is 0 Å². The molecule has 0 aromatic heterocycles. The van der Waals surface area contributed by atoms with Crippen molar-refractivity contribution in [2.45, 2.75) is 71.3 Å². The van der Waals surface area contributed by atoms with Crippen molar-refractivity contribution in [2.24, 2.45) is 0 Å². The molecule has 0 saturated carbocycles. The third-order valence-corrected chi connectivity index (χ3v) is 2.42. The monoisotopic (exact) mass is 324 g/mol. The fourth-order valence-corrected chi connectivity index (χ4v) is 1.29. The predicted octanol–water partition coefficient (Wildman–Crippen LogP) is 1.63. The molecule has 0 radical (unpaired) electrons. The normalized spacial score (nSPS) is 9.36. The van der Waals surface area contributed by atoms with E-state index in [0.717, 1.165) is 19.8 Å². The molecular weight excluding hydrogens is 292 g/mol. The second-order valence-corrected chi connectivity index (χ2v) is 4.80. The summed E-state index contributed by atoms with van der Waals surface area (Å²) in [6.07, 6.45) is 7.69. The zero-order valence-corrected chi connectivity index (χ0v) is 13.7. The van der Waals surface area contributed by atoms with Crippen LogP contribution in [0, 0.1) is 0 Å². The van der Waals surface area contributed by atoms with Crippen molar-refractivity contribution >= 4 is 11.9 Å². The molecule has 0 unspecified atom stereocenters. The first-order valence-electron chi connectivity index (χ1n) is 7.62. The van der Waals surface area contributed by atoms with Gasteiger partial charge in [0, 0.05) is 13.3 Å². The van der Waals surface area contributed by atoms with Gasteiger partial charge >= 0.3 is 5.97 Å². The molecule has 0 spiro atoms. The summed E-state index contributed by atoms with van der Waals surface area (Å²) in [5.74, 6) is -1.50. The highest BCUT2D eigenvalue weighted by Gasteiger charge is 1.95. The fourth-order valence-electron chi connectivity index (χ4n) is 1.29. The van der Waals surface area contributed by atoms with E-state index in [-0.39, 0.29) is 13.2 Å². The number of rotatable bonds is 10. The van der Waals surface area contributed by atoms with E-state index in [9.17, 15) is 4.79 Å². The summed E-state index contributed by atoms with van der Waals surface area (Å²) in [6, 6.07) is 0. The van der Waals surface area contributed by atoms with Crippen LogP contribution in [0.3, 0.4) is 0 Å². The van der Waals surface area contributed by atoms with Crippen molar-refractivity contribution in [2.75, 3.05) is 13.2 Å². The Bertz CT molecular complexity index is 236. The zero-order chi connectivity index (χ0) is 17.8. The molecule has 22 heavy (non-hydrogen) atoms. The minimum absolute atomic E-state index is 0.341. The summed E-state index contributed by atoms with van der Waals surface area (Å²) in [5.41, 5.74) is 0. The first-order chi connectivity index (χ1) is 10.3. The predicted molar refractivity (Wildman–Crippen MR) is 83.7 cm³/mol. The number of unbranched alkanes of at least 4 members (excludes halogenated alkanes) is 6. The average molecular weight is 324 g/mol. The molecule has 0 heterocycles. The quantitative estimate of drug-likeness (QED) is 0.385. The maximum Gasteiger partial charge on any atom is 0.303 e. The number of aliphatic carboxylic acids is 2. The second-order valence-electron chi connectivity index (χ2n) is 4.80. The summed E-state index contributed by atoms with van der Waals surface area (Å²) in [4.78, 5) is 19.1. The first-order valence-corrected chi connectivity index (χ1v) is 7.62. The lowest BCUT2D eigenvalue weighted by atomic mass is 10.1. The third-order valence-electron chi connectivity index (χ3n) is 2.42. The second kappa shape index (κ2) is 22.1. The molecule has 0 aromatic carbocycles. The Balaban J connectivity index is -0.000000300. The van der Waals surface area contributed by atoms with E-state index in [4.69, 9.17) is 30.3 Å². The number of carboxylic acid groups (broad SMARTS) is 2. The number of carbonyl (C=O) groups is 2. The topological polar surface area (TPSA) is 135 Å². The van der Waals surface area contributed by atoms with Gasteiger partial charge in [-0.25, -0.2) is 0 Å². The van der Waals surface area contributed by atoms with E-state index in [1.807, 2.05) is 0 Å². The molecule has 0 fully saturated rings. The van der Waals surface area contributed by atoms with Gasteiger partial charge in [0.05, 0.1) is 13.2 Å². The molecule has 0 atom stereocenters. The van der Waals surface area contributed by atoms with E-state index in [2.05, 4.69) is 6.92 Å². The molecule has 7 nitrogen and oxygen atoms in total. The minimum atomic E-state index is -0.954. The summed E-state index contributed by atoms with van der Waals surface area (Å²) in [6.45, 7) is 2.55. The molecule has 0 aliphatic carbocycles. The molecule has 134 valence electrons. The van der Waals surface area contributed by atoms with E-state index in [0.29, 0.717) is 6.42 Å². The number of hydrogen-bond acceptors (Lipinski definition) is 5.